The number of carbonyl (C=O) groups excluding carboxylic acids is 1. The van der Waals surface area contributed by atoms with Crippen LogP contribution in [0.25, 0.3) is 0 Å². The third-order valence-electron chi connectivity index (χ3n) is 3.19. The van der Waals surface area contributed by atoms with Gasteiger partial charge in [0.1, 0.15) is 0 Å². The fourth-order valence-corrected chi connectivity index (χ4v) is 1.69. The lowest BCUT2D eigenvalue weighted by Gasteiger charge is -2.10. The second-order valence-corrected chi connectivity index (χ2v) is 4.53. The smallest absolute Gasteiger partial charge is 0.272 e. The zero-order valence-corrected chi connectivity index (χ0v) is 10.9. The number of carbonyl (C=O) groups is 1. The van der Waals surface area contributed by atoms with Gasteiger partial charge in [-0.1, -0.05) is 0 Å². The molecular formula is C11H19ClN4O. The number of aryl methyl sites for hydroxylation is 1. The number of aromatic amines is 1. The van der Waals surface area contributed by atoms with Crippen molar-refractivity contribution in [1.29, 1.82) is 0 Å². The van der Waals surface area contributed by atoms with Gasteiger partial charge in [0, 0.05) is 23.8 Å². The van der Waals surface area contributed by atoms with E-state index in [0.717, 1.165) is 11.3 Å². The van der Waals surface area contributed by atoms with Crippen molar-refractivity contribution in [3.05, 3.63) is 17.0 Å². The summed E-state index contributed by atoms with van der Waals surface area (Å²) < 4.78 is 0. The van der Waals surface area contributed by atoms with Crippen LogP contribution in [0.4, 0.5) is 0 Å². The second-order valence-electron chi connectivity index (χ2n) is 4.53. The van der Waals surface area contributed by atoms with Gasteiger partial charge in [-0.2, -0.15) is 5.10 Å². The second kappa shape index (κ2) is 5.51. The van der Waals surface area contributed by atoms with Crippen LogP contribution < -0.4 is 11.1 Å². The Hall–Kier alpha value is -1.07. The van der Waals surface area contributed by atoms with Gasteiger partial charge < -0.3 is 11.1 Å². The molecule has 0 bridgehead atoms. The number of hydrogen-bond acceptors (Lipinski definition) is 3. The predicted octanol–water partition coefficient (Wildman–Crippen LogP) is 0.915. The van der Waals surface area contributed by atoms with E-state index in [1.54, 1.807) is 0 Å². The zero-order chi connectivity index (χ0) is 11.7. The third kappa shape index (κ3) is 3.20. The van der Waals surface area contributed by atoms with Crippen molar-refractivity contribution in [2.75, 3.05) is 6.54 Å². The molecule has 0 spiro atoms. The lowest BCUT2D eigenvalue weighted by molar-refractivity contribution is 0.0944. The highest BCUT2D eigenvalue weighted by molar-refractivity contribution is 5.93. The molecule has 1 atom stereocenters. The van der Waals surface area contributed by atoms with E-state index in [1.807, 2.05) is 13.8 Å². The monoisotopic (exact) mass is 258 g/mol. The summed E-state index contributed by atoms with van der Waals surface area (Å²) in [6.45, 7) is 4.32. The molecule has 0 saturated heterocycles. The van der Waals surface area contributed by atoms with Crippen molar-refractivity contribution in [3.63, 3.8) is 0 Å². The Kier molecular flexibility index (Phi) is 4.54. The number of nitrogens with two attached hydrogens (primary N) is 1. The molecule has 6 heteroatoms. The molecule has 1 fully saturated rings. The van der Waals surface area contributed by atoms with Crippen LogP contribution in [0.15, 0.2) is 0 Å². The van der Waals surface area contributed by atoms with Gasteiger partial charge in [0.2, 0.25) is 0 Å². The van der Waals surface area contributed by atoms with Crippen molar-refractivity contribution < 1.29 is 4.79 Å². The summed E-state index contributed by atoms with van der Waals surface area (Å²) in [4.78, 5) is 11.8. The van der Waals surface area contributed by atoms with Crippen LogP contribution >= 0.6 is 12.4 Å². The fraction of sp³-hybridized carbons (Fsp3) is 0.636. The van der Waals surface area contributed by atoms with Gasteiger partial charge >= 0.3 is 0 Å². The van der Waals surface area contributed by atoms with E-state index in [9.17, 15) is 4.79 Å². The van der Waals surface area contributed by atoms with E-state index >= 15 is 0 Å². The SMILES string of the molecule is Cc1[nH]nc(C(=O)NCC(N)C2CC2)c1C.Cl. The molecule has 0 aromatic carbocycles. The molecule has 96 valence electrons. The first-order chi connectivity index (χ1) is 7.59. The summed E-state index contributed by atoms with van der Waals surface area (Å²) in [7, 11) is 0. The van der Waals surface area contributed by atoms with Crippen LogP contribution in [0, 0.1) is 19.8 Å². The van der Waals surface area contributed by atoms with E-state index in [4.69, 9.17) is 5.73 Å². The number of halogens is 1. The molecule has 1 aromatic rings. The van der Waals surface area contributed by atoms with E-state index in [0.29, 0.717) is 18.2 Å². The molecule has 1 aliphatic rings. The minimum atomic E-state index is -0.141. The molecule has 1 unspecified atom stereocenters. The summed E-state index contributed by atoms with van der Waals surface area (Å²) in [5.41, 5.74) is 8.21. The number of H-pyrrole nitrogens is 1. The van der Waals surface area contributed by atoms with Gasteiger partial charge in [-0.25, -0.2) is 0 Å². The highest BCUT2D eigenvalue weighted by atomic mass is 35.5. The molecule has 1 heterocycles. The van der Waals surface area contributed by atoms with Crippen molar-refractivity contribution in [1.82, 2.24) is 15.5 Å². The third-order valence-corrected chi connectivity index (χ3v) is 3.19. The number of amides is 1. The van der Waals surface area contributed by atoms with E-state index < -0.39 is 0 Å². The molecule has 1 aliphatic carbocycles. The maximum atomic E-state index is 11.8. The molecule has 0 radical (unpaired) electrons. The molecule has 4 N–H and O–H groups in total. The van der Waals surface area contributed by atoms with Crippen LogP contribution in [0.5, 0.6) is 0 Å². The van der Waals surface area contributed by atoms with Crippen LogP contribution in [0.2, 0.25) is 0 Å². The molecule has 0 aliphatic heterocycles. The van der Waals surface area contributed by atoms with Gasteiger partial charge in [0.15, 0.2) is 5.69 Å². The number of hydrogen-bond donors (Lipinski definition) is 3. The zero-order valence-electron chi connectivity index (χ0n) is 10.1. The Balaban J connectivity index is 0.00000144. The predicted molar refractivity (Wildman–Crippen MR) is 68.3 cm³/mol. The van der Waals surface area contributed by atoms with Crippen molar-refractivity contribution in [2.45, 2.75) is 32.7 Å². The van der Waals surface area contributed by atoms with E-state index in [1.165, 1.54) is 12.8 Å². The summed E-state index contributed by atoms with van der Waals surface area (Å²) >= 11 is 0. The first kappa shape index (κ1) is 14.0. The van der Waals surface area contributed by atoms with Crippen LogP contribution in [-0.4, -0.2) is 28.7 Å². The molecule has 1 saturated carbocycles. The highest BCUT2D eigenvalue weighted by Gasteiger charge is 2.28. The summed E-state index contributed by atoms with van der Waals surface area (Å²) in [6.07, 6.45) is 2.38. The van der Waals surface area contributed by atoms with Gasteiger partial charge in [0.25, 0.3) is 5.91 Å². The lowest BCUT2D eigenvalue weighted by atomic mass is 10.2. The Bertz CT molecular complexity index is 400. The molecule has 5 nitrogen and oxygen atoms in total. The maximum absolute atomic E-state index is 11.8. The Morgan fingerprint density at radius 3 is 2.71 bits per heavy atom. The summed E-state index contributed by atoms with van der Waals surface area (Å²) in [5, 5.41) is 9.60. The Labute approximate surface area is 107 Å². The van der Waals surface area contributed by atoms with Crippen LogP contribution in [-0.2, 0) is 0 Å². The number of nitrogens with zero attached hydrogens (tertiary/aromatic N) is 1. The van der Waals surface area contributed by atoms with Gasteiger partial charge in [0.05, 0.1) is 0 Å². The topological polar surface area (TPSA) is 83.8 Å². The Morgan fingerprint density at radius 2 is 2.24 bits per heavy atom. The molecule has 1 aromatic heterocycles. The molecule has 2 rings (SSSR count). The van der Waals surface area contributed by atoms with Crippen molar-refractivity contribution >= 4 is 18.3 Å². The average molecular weight is 259 g/mol. The van der Waals surface area contributed by atoms with E-state index in [-0.39, 0.29) is 24.4 Å². The standard InChI is InChI=1S/C11H18N4O.ClH/c1-6-7(2)14-15-10(6)11(16)13-5-9(12)8-3-4-8;/h8-9H,3-5,12H2,1-2H3,(H,13,16)(H,14,15);1H. The van der Waals surface area contributed by atoms with Gasteiger partial charge in [-0.3, -0.25) is 9.89 Å². The molecule has 1 amide bonds. The maximum Gasteiger partial charge on any atom is 0.272 e. The van der Waals surface area contributed by atoms with Gasteiger partial charge in [-0.15, -0.1) is 12.4 Å². The highest BCUT2D eigenvalue weighted by Crippen LogP contribution is 2.31. The minimum Gasteiger partial charge on any atom is -0.349 e. The average Bonchev–Trinajstić information content (AvgIpc) is 3.04. The largest absolute Gasteiger partial charge is 0.349 e. The fourth-order valence-electron chi connectivity index (χ4n) is 1.69. The lowest BCUT2D eigenvalue weighted by Crippen LogP contribution is -2.38. The van der Waals surface area contributed by atoms with Gasteiger partial charge in [-0.05, 0) is 32.6 Å². The molecule has 17 heavy (non-hydrogen) atoms. The summed E-state index contributed by atoms with van der Waals surface area (Å²) in [6, 6.07) is 0.0873. The van der Waals surface area contributed by atoms with Crippen molar-refractivity contribution in [3.8, 4) is 0 Å². The minimum absolute atomic E-state index is 0. The Morgan fingerprint density at radius 1 is 1.59 bits per heavy atom. The summed E-state index contributed by atoms with van der Waals surface area (Å²) in [5.74, 6) is 0.459. The number of aromatic nitrogens is 2. The van der Waals surface area contributed by atoms with E-state index in [2.05, 4.69) is 15.5 Å². The van der Waals surface area contributed by atoms with Crippen LogP contribution in [0.1, 0.15) is 34.6 Å². The molecular weight excluding hydrogens is 240 g/mol. The quantitative estimate of drug-likeness (QED) is 0.751. The first-order valence-corrected chi connectivity index (χ1v) is 5.65. The number of nitrogens with one attached hydrogen (secondary N) is 2. The normalized spacial score (nSPS) is 16.2. The number of rotatable bonds is 4. The van der Waals surface area contributed by atoms with Crippen molar-refractivity contribution in [2.24, 2.45) is 11.7 Å². The van der Waals surface area contributed by atoms with Crippen LogP contribution in [0.3, 0.4) is 0 Å². The first-order valence-electron chi connectivity index (χ1n) is 5.65.